The molecule has 2 heterocycles. The third-order valence-electron chi connectivity index (χ3n) is 12.6. The summed E-state index contributed by atoms with van der Waals surface area (Å²) >= 11 is 0. The molecule has 11 aromatic rings. The number of furan rings is 1. The van der Waals surface area contributed by atoms with Gasteiger partial charge in [0.25, 0.3) is 0 Å². The Morgan fingerprint density at radius 1 is 0.345 bits per heavy atom. The fourth-order valence-corrected chi connectivity index (χ4v) is 10.2. The van der Waals surface area contributed by atoms with Crippen LogP contribution in [0.4, 0.5) is 17.1 Å². The Kier molecular flexibility index (Phi) is 6.37. The Balaban J connectivity index is 1.10. The Hall–Kier alpha value is -7.62. The lowest BCUT2D eigenvalue weighted by Gasteiger charge is -2.45. The molecule has 1 aliphatic carbocycles. The third kappa shape index (κ3) is 4.28. The molecule has 0 amide bonds. The van der Waals surface area contributed by atoms with Crippen LogP contribution in [0.2, 0.25) is 0 Å². The number of hydrogen-bond donors (Lipinski definition) is 0. The average Bonchev–Trinajstić information content (AvgIpc) is 3.63. The summed E-state index contributed by atoms with van der Waals surface area (Å²) in [4.78, 5) is 2.37. The summed E-state index contributed by atoms with van der Waals surface area (Å²) in [5.41, 5.74) is 11.5. The van der Waals surface area contributed by atoms with Crippen molar-refractivity contribution in [2.24, 2.45) is 0 Å². The van der Waals surface area contributed by atoms with Gasteiger partial charge in [0.1, 0.15) is 22.7 Å². The van der Waals surface area contributed by atoms with Crippen LogP contribution in [0.25, 0.3) is 65.4 Å². The first-order chi connectivity index (χ1) is 28.7. The second-order valence-corrected chi connectivity index (χ2v) is 15.6. The van der Waals surface area contributed by atoms with E-state index in [9.17, 15) is 0 Å². The van der Waals surface area contributed by atoms with E-state index < -0.39 is 5.41 Å². The Morgan fingerprint density at radius 2 is 0.931 bits per heavy atom. The van der Waals surface area contributed by atoms with Crippen molar-refractivity contribution in [1.82, 2.24) is 0 Å². The molecule has 1 unspecified atom stereocenters. The molecule has 0 radical (unpaired) electrons. The number of benzene rings is 10. The minimum Gasteiger partial charge on any atom is -0.457 e. The molecular weight excluding hydrogens is 707 g/mol. The highest BCUT2D eigenvalue weighted by Gasteiger charge is 2.49. The molecule has 3 heteroatoms. The van der Waals surface area contributed by atoms with E-state index >= 15 is 0 Å². The van der Waals surface area contributed by atoms with Crippen LogP contribution >= 0.6 is 0 Å². The van der Waals surface area contributed by atoms with Crippen molar-refractivity contribution in [3.63, 3.8) is 0 Å². The number of rotatable bonds is 3. The van der Waals surface area contributed by atoms with Gasteiger partial charge in [-0.25, -0.2) is 0 Å². The summed E-state index contributed by atoms with van der Waals surface area (Å²) < 4.78 is 13.6. The SMILES string of the molecule is c1ccc2c(c1)Oc1ccc(N(c3ccc4ccccc4c3)c3ccc4c(c3)oc3cc5ccccc5cc34)cc1C21c2ccccc2-c2cccc3cccc1c23. The molecule has 1 atom stereocenters. The van der Waals surface area contributed by atoms with Crippen LogP contribution in [0.1, 0.15) is 22.3 Å². The van der Waals surface area contributed by atoms with Gasteiger partial charge < -0.3 is 14.1 Å². The van der Waals surface area contributed by atoms with Crippen molar-refractivity contribution in [2.75, 3.05) is 4.90 Å². The molecule has 13 rings (SSSR count). The van der Waals surface area contributed by atoms with Gasteiger partial charge in [-0.15, -0.1) is 0 Å². The third-order valence-corrected chi connectivity index (χ3v) is 12.6. The number of para-hydroxylation sites is 1. The number of anilines is 3. The van der Waals surface area contributed by atoms with Gasteiger partial charge in [0.05, 0.1) is 5.41 Å². The number of fused-ring (bicyclic) bond motifs is 13. The first-order valence-electron chi connectivity index (χ1n) is 19.9. The maximum absolute atomic E-state index is 6.90. The molecule has 270 valence electrons. The number of hydrogen-bond acceptors (Lipinski definition) is 3. The van der Waals surface area contributed by atoms with Crippen molar-refractivity contribution in [3.8, 4) is 22.6 Å². The normalized spacial score (nSPS) is 15.1. The molecule has 2 aliphatic rings. The van der Waals surface area contributed by atoms with Gasteiger partial charge in [0.15, 0.2) is 0 Å². The lowest BCUT2D eigenvalue weighted by molar-refractivity contribution is 0.435. The fourth-order valence-electron chi connectivity index (χ4n) is 10.2. The highest BCUT2D eigenvalue weighted by molar-refractivity contribution is 6.11. The molecule has 0 saturated carbocycles. The van der Waals surface area contributed by atoms with E-state index in [1.807, 2.05) is 0 Å². The van der Waals surface area contributed by atoms with Crippen molar-refractivity contribution in [2.45, 2.75) is 5.41 Å². The van der Waals surface area contributed by atoms with Crippen LogP contribution in [0, 0.1) is 0 Å². The number of ether oxygens (including phenoxy) is 1. The van der Waals surface area contributed by atoms with Crippen molar-refractivity contribution in [3.05, 3.63) is 222 Å². The van der Waals surface area contributed by atoms with Crippen LogP contribution in [0.15, 0.2) is 205 Å². The fraction of sp³-hybridized carbons (Fsp3) is 0.0182. The second kappa shape index (κ2) is 11.7. The van der Waals surface area contributed by atoms with Crippen LogP contribution in [0.5, 0.6) is 11.5 Å². The Labute approximate surface area is 334 Å². The van der Waals surface area contributed by atoms with Gasteiger partial charge in [0.2, 0.25) is 0 Å². The van der Waals surface area contributed by atoms with E-state index in [2.05, 4.69) is 205 Å². The second-order valence-electron chi connectivity index (χ2n) is 15.6. The zero-order valence-electron chi connectivity index (χ0n) is 31.3. The lowest BCUT2D eigenvalue weighted by Crippen LogP contribution is -2.36. The predicted octanol–water partition coefficient (Wildman–Crippen LogP) is 15.0. The predicted molar refractivity (Wildman–Crippen MR) is 238 cm³/mol. The van der Waals surface area contributed by atoms with Gasteiger partial charge >= 0.3 is 0 Å². The summed E-state index contributed by atoms with van der Waals surface area (Å²) in [7, 11) is 0. The van der Waals surface area contributed by atoms with Gasteiger partial charge in [-0.1, -0.05) is 133 Å². The average molecular weight is 740 g/mol. The largest absolute Gasteiger partial charge is 0.457 e. The van der Waals surface area contributed by atoms with Crippen molar-refractivity contribution >= 4 is 71.3 Å². The summed E-state index contributed by atoms with van der Waals surface area (Å²) in [6, 6.07) is 72.6. The summed E-state index contributed by atoms with van der Waals surface area (Å²) in [6.45, 7) is 0. The first-order valence-corrected chi connectivity index (χ1v) is 19.9. The summed E-state index contributed by atoms with van der Waals surface area (Å²) in [5, 5.41) is 9.48. The molecule has 58 heavy (non-hydrogen) atoms. The standard InChI is InChI=1S/C55H33NO2/c1-2-12-36-29-39(24-23-34(36)11-1)56(41-25-27-43-45-30-37-13-3-4-14-38(37)31-52(45)58-53(43)33-41)40-26-28-51-49(32-40)55(47-20-7-8-22-50(47)57-51)46-19-6-5-17-42(46)44-18-9-15-35-16-10-21-48(55)54(35)44/h1-33H. The highest BCUT2D eigenvalue weighted by Crippen LogP contribution is 2.61. The lowest BCUT2D eigenvalue weighted by atomic mass is 9.58. The zero-order chi connectivity index (χ0) is 38.0. The minimum absolute atomic E-state index is 0.648. The number of nitrogens with zero attached hydrogens (tertiary/aromatic N) is 1. The van der Waals surface area contributed by atoms with E-state index in [4.69, 9.17) is 9.15 Å². The molecule has 0 N–H and O–H groups in total. The zero-order valence-corrected chi connectivity index (χ0v) is 31.3. The molecule has 10 aromatic carbocycles. The molecule has 3 nitrogen and oxygen atoms in total. The van der Waals surface area contributed by atoms with Crippen LogP contribution in [-0.2, 0) is 5.41 Å². The summed E-state index contributed by atoms with van der Waals surface area (Å²) in [6.07, 6.45) is 0. The molecule has 0 bridgehead atoms. The first kappa shape index (κ1) is 31.6. The van der Waals surface area contributed by atoms with Crippen molar-refractivity contribution < 1.29 is 9.15 Å². The molecule has 1 aliphatic heterocycles. The van der Waals surface area contributed by atoms with Gasteiger partial charge in [-0.2, -0.15) is 0 Å². The quantitative estimate of drug-likeness (QED) is 0.180. The van der Waals surface area contributed by atoms with E-state index in [-0.39, 0.29) is 0 Å². The van der Waals surface area contributed by atoms with E-state index in [0.29, 0.717) is 0 Å². The molecule has 0 saturated heterocycles. The van der Waals surface area contributed by atoms with Crippen LogP contribution < -0.4 is 9.64 Å². The maximum atomic E-state index is 6.90. The molecule has 0 fully saturated rings. The molecule has 1 spiro atoms. The van der Waals surface area contributed by atoms with E-state index in [0.717, 1.165) is 61.6 Å². The van der Waals surface area contributed by atoms with Crippen molar-refractivity contribution in [1.29, 1.82) is 0 Å². The van der Waals surface area contributed by atoms with Gasteiger partial charge in [-0.05, 0) is 115 Å². The highest BCUT2D eigenvalue weighted by atomic mass is 16.5. The van der Waals surface area contributed by atoms with Gasteiger partial charge in [-0.3, -0.25) is 0 Å². The van der Waals surface area contributed by atoms with Gasteiger partial charge in [0, 0.05) is 45.0 Å². The summed E-state index contributed by atoms with van der Waals surface area (Å²) in [5.74, 6) is 1.73. The topological polar surface area (TPSA) is 25.6 Å². The molecule has 1 aromatic heterocycles. The van der Waals surface area contributed by atoms with Crippen LogP contribution in [0.3, 0.4) is 0 Å². The van der Waals surface area contributed by atoms with Crippen LogP contribution in [-0.4, -0.2) is 0 Å². The van der Waals surface area contributed by atoms with E-state index in [1.54, 1.807) is 0 Å². The Bertz CT molecular complexity index is 3520. The minimum atomic E-state index is -0.648. The maximum Gasteiger partial charge on any atom is 0.137 e. The Morgan fingerprint density at radius 3 is 1.81 bits per heavy atom. The molecular formula is C55H33NO2. The smallest absolute Gasteiger partial charge is 0.137 e. The van der Waals surface area contributed by atoms with E-state index in [1.165, 1.54) is 54.6 Å². The monoisotopic (exact) mass is 739 g/mol.